The summed E-state index contributed by atoms with van der Waals surface area (Å²) in [4.78, 5) is 11.6. The predicted molar refractivity (Wildman–Crippen MR) is 116 cm³/mol. The summed E-state index contributed by atoms with van der Waals surface area (Å²) >= 11 is 0. The van der Waals surface area contributed by atoms with Crippen LogP contribution < -0.4 is 15.1 Å². The van der Waals surface area contributed by atoms with E-state index in [1.54, 1.807) is 0 Å². The Balaban J connectivity index is 1.66. The van der Waals surface area contributed by atoms with E-state index in [1.165, 1.54) is 31.4 Å². The van der Waals surface area contributed by atoms with Gasteiger partial charge < -0.3 is 63.8 Å². The lowest BCUT2D eigenvalue weighted by Gasteiger charge is -2.45. The molecule has 0 radical (unpaired) electrons. The fourth-order valence-electron chi connectivity index (χ4n) is 4.08. The fraction of sp³-hybridized carbons (Fsp3) is 0.591. The highest BCUT2D eigenvalue weighted by Crippen LogP contribution is 2.36. The summed E-state index contributed by atoms with van der Waals surface area (Å²) in [5.41, 5.74) is -0.477. The molecule has 14 nitrogen and oxygen atoms in total. The molecular formula is C22H28O14. The van der Waals surface area contributed by atoms with Crippen LogP contribution in [0.15, 0.2) is 33.5 Å². The van der Waals surface area contributed by atoms with Crippen molar-refractivity contribution in [2.75, 3.05) is 20.3 Å². The first-order valence-corrected chi connectivity index (χ1v) is 11.1. The van der Waals surface area contributed by atoms with Crippen LogP contribution in [-0.2, 0) is 14.2 Å². The highest BCUT2D eigenvalue weighted by atomic mass is 16.8. The van der Waals surface area contributed by atoms with Gasteiger partial charge in [-0.25, -0.2) is 4.79 Å². The fourth-order valence-corrected chi connectivity index (χ4v) is 4.08. The minimum atomic E-state index is -1.81. The maximum Gasteiger partial charge on any atom is 0.336 e. The highest BCUT2D eigenvalue weighted by Gasteiger charge is 2.51. The predicted octanol–water partition coefficient (Wildman–Crippen LogP) is -3.20. The van der Waals surface area contributed by atoms with Gasteiger partial charge in [0.2, 0.25) is 6.29 Å². The zero-order valence-corrected chi connectivity index (χ0v) is 19.0. The number of methoxy groups -OCH3 is 1. The second-order valence-corrected chi connectivity index (χ2v) is 8.42. The van der Waals surface area contributed by atoms with Gasteiger partial charge in [0.05, 0.1) is 20.3 Å². The third-order valence-electron chi connectivity index (χ3n) is 6.11. The van der Waals surface area contributed by atoms with Crippen molar-refractivity contribution in [2.45, 2.75) is 61.4 Å². The van der Waals surface area contributed by atoms with Crippen molar-refractivity contribution in [3.05, 3.63) is 34.7 Å². The summed E-state index contributed by atoms with van der Waals surface area (Å²) in [6.07, 6.45) is -16.1. The Morgan fingerprint density at radius 3 is 2.08 bits per heavy atom. The number of aliphatic hydroxyl groups is 7. The van der Waals surface area contributed by atoms with E-state index in [4.69, 9.17) is 28.1 Å². The van der Waals surface area contributed by atoms with E-state index in [-0.39, 0.29) is 17.1 Å². The lowest BCUT2D eigenvalue weighted by atomic mass is 9.97. The Kier molecular flexibility index (Phi) is 8.11. The van der Waals surface area contributed by atoms with Crippen molar-refractivity contribution in [1.82, 2.24) is 0 Å². The molecule has 2 saturated heterocycles. The molecule has 0 amide bonds. The molecule has 0 aliphatic carbocycles. The van der Waals surface area contributed by atoms with Gasteiger partial charge in [-0.1, -0.05) is 0 Å². The topological polar surface area (TPSA) is 218 Å². The van der Waals surface area contributed by atoms with Crippen molar-refractivity contribution in [3.8, 4) is 11.5 Å². The van der Waals surface area contributed by atoms with E-state index < -0.39 is 80.3 Å². The first kappa shape index (κ1) is 26.7. The number of rotatable bonds is 7. The van der Waals surface area contributed by atoms with Crippen LogP contribution in [0.4, 0.5) is 0 Å². The molecule has 1 aromatic heterocycles. The molecule has 0 unspecified atom stereocenters. The maximum absolute atomic E-state index is 11.6. The van der Waals surface area contributed by atoms with E-state index in [0.29, 0.717) is 5.39 Å². The molecule has 200 valence electrons. The zero-order valence-electron chi connectivity index (χ0n) is 19.0. The molecule has 0 saturated carbocycles. The Hall–Kier alpha value is -2.37. The minimum Gasteiger partial charge on any atom is -0.493 e. The van der Waals surface area contributed by atoms with E-state index in [9.17, 15) is 40.5 Å². The molecule has 1 aromatic carbocycles. The molecule has 2 aliphatic rings. The number of aliphatic hydroxyl groups excluding tert-OH is 7. The quantitative estimate of drug-likeness (QED) is 0.180. The second kappa shape index (κ2) is 10.9. The molecule has 3 heterocycles. The smallest absolute Gasteiger partial charge is 0.336 e. The Morgan fingerprint density at radius 1 is 0.806 bits per heavy atom. The average Bonchev–Trinajstić information content (AvgIpc) is 2.87. The number of hydrogen-bond acceptors (Lipinski definition) is 14. The van der Waals surface area contributed by atoms with Gasteiger partial charge in [0, 0.05) is 17.5 Å². The van der Waals surface area contributed by atoms with Crippen LogP contribution >= 0.6 is 0 Å². The van der Waals surface area contributed by atoms with Crippen LogP contribution in [0.25, 0.3) is 11.0 Å². The summed E-state index contributed by atoms with van der Waals surface area (Å²) in [5, 5.41) is 71.0. The Bertz CT molecular complexity index is 1090. The van der Waals surface area contributed by atoms with Crippen LogP contribution in [0, 0.1) is 0 Å². The van der Waals surface area contributed by atoms with Gasteiger partial charge in [-0.3, -0.25) is 0 Å². The van der Waals surface area contributed by atoms with Crippen molar-refractivity contribution < 1.29 is 63.8 Å². The van der Waals surface area contributed by atoms with Gasteiger partial charge in [-0.2, -0.15) is 0 Å². The molecule has 0 bridgehead atoms. The van der Waals surface area contributed by atoms with Crippen molar-refractivity contribution in [2.24, 2.45) is 0 Å². The molecule has 0 spiro atoms. The summed E-state index contributed by atoms with van der Waals surface area (Å²) in [7, 11) is 1.35. The van der Waals surface area contributed by atoms with Crippen molar-refractivity contribution in [1.29, 1.82) is 0 Å². The van der Waals surface area contributed by atoms with E-state index in [0.717, 1.165) is 0 Å². The summed E-state index contributed by atoms with van der Waals surface area (Å²) < 4.78 is 32.9. The third-order valence-corrected chi connectivity index (χ3v) is 6.11. The van der Waals surface area contributed by atoms with Gasteiger partial charge in [0.1, 0.15) is 48.3 Å². The van der Waals surface area contributed by atoms with Crippen LogP contribution in [0.3, 0.4) is 0 Å². The number of ether oxygens (including phenoxy) is 5. The van der Waals surface area contributed by atoms with Crippen LogP contribution in [0.2, 0.25) is 0 Å². The first-order valence-electron chi connectivity index (χ1n) is 11.1. The van der Waals surface area contributed by atoms with Gasteiger partial charge in [0.15, 0.2) is 23.9 Å². The lowest BCUT2D eigenvalue weighted by molar-refractivity contribution is -0.357. The number of benzene rings is 1. The third kappa shape index (κ3) is 5.05. The molecular weight excluding hydrogens is 488 g/mol. The zero-order chi connectivity index (χ0) is 26.1. The molecule has 2 aliphatic heterocycles. The van der Waals surface area contributed by atoms with Gasteiger partial charge in [0.25, 0.3) is 0 Å². The second-order valence-electron chi connectivity index (χ2n) is 8.42. The molecule has 14 heteroatoms. The van der Waals surface area contributed by atoms with Gasteiger partial charge in [-0.15, -0.1) is 0 Å². The van der Waals surface area contributed by atoms with Crippen molar-refractivity contribution in [3.63, 3.8) is 0 Å². The van der Waals surface area contributed by atoms with E-state index >= 15 is 0 Å². The van der Waals surface area contributed by atoms with Gasteiger partial charge >= 0.3 is 5.63 Å². The summed E-state index contributed by atoms with van der Waals surface area (Å²) in [6.45, 7) is -1.42. The van der Waals surface area contributed by atoms with E-state index in [1.807, 2.05) is 0 Å². The summed E-state index contributed by atoms with van der Waals surface area (Å²) in [5.74, 6) is 0.153. The largest absolute Gasteiger partial charge is 0.493 e. The standard InChI is InChI=1S/C22H28O14/c1-31-10-4-8-2-3-14(25)32-9(8)5-11(10)33-22-20(18(29)16(27)13(7-24)35-22)36-21-19(30)17(28)15(26)12(6-23)34-21/h2-5,12-13,15-24,26-30H,6-7H2,1H3/t12-,13-,15-,16-,17+,18+,19-,20-,21+,22-/m1/s1. The lowest BCUT2D eigenvalue weighted by Crippen LogP contribution is -2.65. The van der Waals surface area contributed by atoms with Gasteiger partial charge in [-0.05, 0) is 12.1 Å². The van der Waals surface area contributed by atoms with Crippen LogP contribution in [-0.4, -0.2) is 117 Å². The Morgan fingerprint density at radius 2 is 1.44 bits per heavy atom. The first-order chi connectivity index (χ1) is 17.2. The minimum absolute atomic E-state index is 0.0213. The van der Waals surface area contributed by atoms with Crippen LogP contribution in [0.1, 0.15) is 0 Å². The summed E-state index contributed by atoms with van der Waals surface area (Å²) in [6, 6.07) is 5.58. The molecule has 10 atom stereocenters. The maximum atomic E-state index is 11.6. The van der Waals surface area contributed by atoms with E-state index in [2.05, 4.69) is 0 Å². The normalized spacial score (nSPS) is 37.1. The highest BCUT2D eigenvalue weighted by molar-refractivity contribution is 5.80. The molecule has 4 rings (SSSR count). The molecule has 2 fully saturated rings. The molecule has 7 N–H and O–H groups in total. The SMILES string of the molecule is COc1cc2ccc(=O)oc2cc1O[C@@H]1O[C@H](CO)[C@@H](O)[C@H](O)[C@H]1O[C@@H]1O[C@H](CO)[C@@H](O)[C@H](O)[C@H]1O. The van der Waals surface area contributed by atoms with Crippen molar-refractivity contribution >= 4 is 11.0 Å². The number of fused-ring (bicyclic) bond motifs is 1. The monoisotopic (exact) mass is 516 g/mol. The van der Waals surface area contributed by atoms with Crippen LogP contribution in [0.5, 0.6) is 11.5 Å². The number of hydrogen-bond donors (Lipinski definition) is 7. The Labute approximate surface area is 203 Å². The molecule has 36 heavy (non-hydrogen) atoms. The molecule has 2 aromatic rings. The average molecular weight is 516 g/mol.